The molecule has 4 unspecified atom stereocenters. The van der Waals surface area contributed by atoms with Crippen LogP contribution in [-0.4, -0.2) is 85.7 Å². The predicted octanol–water partition coefficient (Wildman–Crippen LogP) is -3.51. The van der Waals surface area contributed by atoms with E-state index in [1.165, 1.54) is 12.5 Å². The number of nitrogens with one attached hydrogen (secondary N) is 4. The molecule has 4 atom stereocenters. The van der Waals surface area contributed by atoms with E-state index in [2.05, 4.69) is 38.5 Å². The second-order valence-electron chi connectivity index (χ2n) is 7.19. The van der Waals surface area contributed by atoms with Crippen LogP contribution in [0.1, 0.15) is 25.0 Å². The number of H-pyrrole nitrogens is 1. The van der Waals surface area contributed by atoms with Crippen LogP contribution in [0.4, 0.5) is 0 Å². The van der Waals surface area contributed by atoms with Gasteiger partial charge in [-0.15, -0.1) is 0 Å². The summed E-state index contributed by atoms with van der Waals surface area (Å²) in [5.74, 6) is -6.40. The maximum absolute atomic E-state index is 12.9. The summed E-state index contributed by atoms with van der Waals surface area (Å²) < 4.78 is 0. The maximum Gasteiger partial charge on any atom is 0.327 e. The Kier molecular flexibility index (Phi) is 11.5. The fraction of sp³-hybridized carbons (Fsp3) is 0.500. The van der Waals surface area contributed by atoms with Gasteiger partial charge in [0.15, 0.2) is 0 Å². The second-order valence-corrected chi connectivity index (χ2v) is 7.56. The van der Waals surface area contributed by atoms with Gasteiger partial charge in [0.2, 0.25) is 23.6 Å². The molecule has 34 heavy (non-hydrogen) atoms. The minimum atomic E-state index is -1.43. The van der Waals surface area contributed by atoms with Gasteiger partial charge in [-0.25, -0.2) is 9.78 Å². The lowest BCUT2D eigenvalue weighted by Gasteiger charge is -2.24. The molecule has 188 valence electrons. The Labute approximate surface area is 198 Å². The Hall–Kier alpha value is -3.66. The van der Waals surface area contributed by atoms with Crippen LogP contribution in [0.25, 0.3) is 0 Å². The molecule has 0 fully saturated rings. The first-order chi connectivity index (χ1) is 15.9. The number of amides is 4. The Balaban J connectivity index is 3.05. The number of nitrogens with zero attached hydrogens (tertiary/aromatic N) is 1. The number of thiol groups is 1. The number of aromatic nitrogens is 2. The quantitative estimate of drug-likeness (QED) is 0.107. The predicted molar refractivity (Wildman–Crippen MR) is 118 cm³/mol. The third-order valence-electron chi connectivity index (χ3n) is 4.45. The van der Waals surface area contributed by atoms with Gasteiger partial charge in [-0.1, -0.05) is 0 Å². The van der Waals surface area contributed by atoms with Gasteiger partial charge < -0.3 is 42.6 Å². The highest BCUT2D eigenvalue weighted by Crippen LogP contribution is 2.05. The molecule has 0 aromatic carbocycles. The number of carbonyl (C=O) groups is 6. The van der Waals surface area contributed by atoms with Crippen LogP contribution in [0.15, 0.2) is 12.5 Å². The molecule has 1 aromatic rings. The third kappa shape index (κ3) is 9.86. The standard InChI is InChI=1S/C18H27N7O8S/c19-9(4-13(20)26)15(29)23-10(1-2-14(27)28)16(30)24-11(3-8-5-21-7-22-8)17(31)25-12(6-34)18(32)33/h5,7,9-12,34H,1-4,6,19H2,(H2,20,26)(H,21,22)(H,23,29)(H,24,30)(H,25,31)(H,27,28)(H,32,33). The van der Waals surface area contributed by atoms with Crippen LogP contribution in [-0.2, 0) is 35.2 Å². The molecule has 16 heteroatoms. The number of carboxylic acids is 2. The molecule has 0 saturated carbocycles. The zero-order valence-corrected chi connectivity index (χ0v) is 18.8. The summed E-state index contributed by atoms with van der Waals surface area (Å²) in [5, 5.41) is 25.0. The Morgan fingerprint density at radius 1 is 1.00 bits per heavy atom. The van der Waals surface area contributed by atoms with Crippen LogP contribution in [0, 0.1) is 0 Å². The zero-order valence-electron chi connectivity index (χ0n) is 17.9. The molecular weight excluding hydrogens is 474 g/mol. The highest BCUT2D eigenvalue weighted by molar-refractivity contribution is 7.80. The molecule has 1 aromatic heterocycles. The van der Waals surface area contributed by atoms with Gasteiger partial charge >= 0.3 is 11.9 Å². The molecule has 0 aliphatic rings. The van der Waals surface area contributed by atoms with Crippen molar-refractivity contribution in [2.24, 2.45) is 11.5 Å². The first-order valence-corrected chi connectivity index (χ1v) is 10.6. The van der Waals surface area contributed by atoms with Gasteiger partial charge in [0.25, 0.3) is 0 Å². The smallest absolute Gasteiger partial charge is 0.327 e. The highest BCUT2D eigenvalue weighted by Gasteiger charge is 2.31. The summed E-state index contributed by atoms with van der Waals surface area (Å²) in [6.45, 7) is 0. The van der Waals surface area contributed by atoms with Crippen molar-refractivity contribution in [3.8, 4) is 0 Å². The van der Waals surface area contributed by atoms with E-state index in [1.54, 1.807) is 0 Å². The van der Waals surface area contributed by atoms with Crippen LogP contribution in [0.2, 0.25) is 0 Å². The third-order valence-corrected chi connectivity index (χ3v) is 4.81. The van der Waals surface area contributed by atoms with Gasteiger partial charge in [0.1, 0.15) is 18.1 Å². The molecule has 0 radical (unpaired) electrons. The summed E-state index contributed by atoms with van der Waals surface area (Å²) in [7, 11) is 0. The second kappa shape index (κ2) is 13.8. The van der Waals surface area contributed by atoms with E-state index in [0.29, 0.717) is 5.69 Å². The summed E-state index contributed by atoms with van der Waals surface area (Å²) in [5.41, 5.74) is 11.0. The van der Waals surface area contributed by atoms with E-state index in [9.17, 15) is 28.8 Å². The molecule has 10 N–H and O–H groups in total. The lowest BCUT2D eigenvalue weighted by molar-refractivity contribution is -0.141. The highest BCUT2D eigenvalue weighted by atomic mass is 32.1. The number of aliphatic carboxylic acids is 2. The van der Waals surface area contributed by atoms with E-state index in [0.717, 1.165) is 0 Å². The van der Waals surface area contributed by atoms with E-state index in [1.807, 2.05) is 0 Å². The number of hydrogen-bond donors (Lipinski definition) is 9. The molecule has 0 aliphatic heterocycles. The normalized spacial score (nSPS) is 14.2. The van der Waals surface area contributed by atoms with E-state index in [-0.39, 0.29) is 18.6 Å². The molecule has 0 spiro atoms. The van der Waals surface area contributed by atoms with Crippen LogP contribution in [0.5, 0.6) is 0 Å². The minimum absolute atomic E-state index is 0.128. The van der Waals surface area contributed by atoms with Gasteiger partial charge in [-0.3, -0.25) is 24.0 Å². The average Bonchev–Trinajstić information content (AvgIpc) is 3.26. The van der Waals surface area contributed by atoms with Crippen LogP contribution < -0.4 is 27.4 Å². The number of primary amides is 1. The largest absolute Gasteiger partial charge is 0.481 e. The number of carbonyl (C=O) groups excluding carboxylic acids is 4. The minimum Gasteiger partial charge on any atom is -0.481 e. The summed E-state index contributed by atoms with van der Waals surface area (Å²) in [6.07, 6.45) is 1.20. The first kappa shape index (κ1) is 28.4. The van der Waals surface area contributed by atoms with E-state index < -0.39 is 72.6 Å². The van der Waals surface area contributed by atoms with Crippen LogP contribution in [0.3, 0.4) is 0 Å². The van der Waals surface area contributed by atoms with Crippen molar-refractivity contribution in [3.05, 3.63) is 18.2 Å². The lowest BCUT2D eigenvalue weighted by atomic mass is 10.1. The van der Waals surface area contributed by atoms with Crippen molar-refractivity contribution in [2.75, 3.05) is 5.75 Å². The van der Waals surface area contributed by atoms with E-state index in [4.69, 9.17) is 21.7 Å². The molecule has 0 saturated heterocycles. The van der Waals surface area contributed by atoms with Crippen molar-refractivity contribution in [2.45, 2.75) is 49.9 Å². The number of rotatable bonds is 15. The molecule has 0 bridgehead atoms. The van der Waals surface area contributed by atoms with Gasteiger partial charge in [-0.05, 0) is 6.42 Å². The SMILES string of the molecule is NC(=O)CC(N)C(=O)NC(CCC(=O)O)C(=O)NC(Cc1cnc[nH]1)C(=O)NC(CS)C(=O)O. The molecule has 1 heterocycles. The summed E-state index contributed by atoms with van der Waals surface area (Å²) in [4.78, 5) is 77.6. The fourth-order valence-electron chi connectivity index (χ4n) is 2.68. The Bertz CT molecular complexity index is 895. The average molecular weight is 502 g/mol. The summed E-state index contributed by atoms with van der Waals surface area (Å²) >= 11 is 3.87. The number of carboxylic acid groups (broad SMARTS) is 2. The molecule has 0 aliphatic carbocycles. The number of imidazole rings is 1. The van der Waals surface area contributed by atoms with Crippen molar-refractivity contribution in [1.29, 1.82) is 0 Å². The summed E-state index contributed by atoms with van der Waals surface area (Å²) in [6, 6.07) is -5.47. The topological polar surface area (TPSA) is 260 Å². The Morgan fingerprint density at radius 3 is 2.09 bits per heavy atom. The monoisotopic (exact) mass is 501 g/mol. The zero-order chi connectivity index (χ0) is 25.8. The molecule has 1 rings (SSSR count). The number of hydrogen-bond acceptors (Lipinski definition) is 9. The first-order valence-electron chi connectivity index (χ1n) is 9.92. The molecule has 15 nitrogen and oxygen atoms in total. The molecule has 4 amide bonds. The van der Waals surface area contributed by atoms with Gasteiger partial charge in [0.05, 0.1) is 18.8 Å². The number of nitrogens with two attached hydrogens (primary N) is 2. The van der Waals surface area contributed by atoms with Gasteiger partial charge in [-0.2, -0.15) is 12.6 Å². The van der Waals surface area contributed by atoms with Crippen molar-refractivity contribution in [1.82, 2.24) is 25.9 Å². The maximum atomic E-state index is 12.9. The van der Waals surface area contributed by atoms with Gasteiger partial charge in [0, 0.05) is 30.5 Å². The number of aromatic amines is 1. The lowest BCUT2D eigenvalue weighted by Crippen LogP contribution is -2.58. The van der Waals surface area contributed by atoms with Crippen LogP contribution >= 0.6 is 12.6 Å². The van der Waals surface area contributed by atoms with E-state index >= 15 is 0 Å². The van der Waals surface area contributed by atoms with Crippen molar-refractivity contribution >= 4 is 48.2 Å². The van der Waals surface area contributed by atoms with Crippen molar-refractivity contribution < 1.29 is 39.0 Å². The van der Waals surface area contributed by atoms with Crippen molar-refractivity contribution in [3.63, 3.8) is 0 Å². The molecular formula is C18H27N7O8S. The Morgan fingerprint density at radius 2 is 1.59 bits per heavy atom. The fourth-order valence-corrected chi connectivity index (χ4v) is 2.93.